The fourth-order valence-electron chi connectivity index (χ4n) is 3.37. The summed E-state index contributed by atoms with van der Waals surface area (Å²) in [6.45, 7) is 0.198. The highest BCUT2D eigenvalue weighted by Crippen LogP contribution is 2.45. The molecular formula is C16H14BrNO4. The topological polar surface area (TPSA) is 64.6 Å². The van der Waals surface area contributed by atoms with Crippen LogP contribution in [0.2, 0.25) is 0 Å². The van der Waals surface area contributed by atoms with E-state index in [-0.39, 0.29) is 30.8 Å². The SMILES string of the molecule is O=C1C[C@@H](c2cc3c(cc2Br)OCO3)C2=C(CCCC2=O)N1. The Labute approximate surface area is 135 Å². The molecule has 0 unspecified atom stereocenters. The number of hydrogen-bond acceptors (Lipinski definition) is 4. The molecule has 1 atom stereocenters. The molecule has 1 aromatic carbocycles. The fraction of sp³-hybridized carbons (Fsp3) is 0.375. The van der Waals surface area contributed by atoms with Crippen molar-refractivity contribution in [1.82, 2.24) is 5.32 Å². The maximum absolute atomic E-state index is 12.4. The number of ketones is 1. The molecule has 5 nitrogen and oxygen atoms in total. The molecule has 0 spiro atoms. The molecule has 0 fully saturated rings. The van der Waals surface area contributed by atoms with Gasteiger partial charge in [-0.15, -0.1) is 0 Å². The monoisotopic (exact) mass is 363 g/mol. The number of amides is 1. The van der Waals surface area contributed by atoms with E-state index >= 15 is 0 Å². The van der Waals surface area contributed by atoms with Crippen LogP contribution in [0.25, 0.3) is 0 Å². The van der Waals surface area contributed by atoms with Crippen LogP contribution in [0.1, 0.15) is 37.2 Å². The third-order valence-corrected chi connectivity index (χ3v) is 5.04. The Morgan fingerprint density at radius 2 is 1.91 bits per heavy atom. The normalized spacial score (nSPS) is 23.4. The zero-order chi connectivity index (χ0) is 15.3. The Morgan fingerprint density at radius 1 is 1.14 bits per heavy atom. The van der Waals surface area contributed by atoms with E-state index in [0.717, 1.165) is 34.1 Å². The summed E-state index contributed by atoms with van der Waals surface area (Å²) in [6.07, 6.45) is 2.38. The standard InChI is InChI=1S/C16H14BrNO4/c17-10-6-14-13(21-7-22-14)4-8(10)9-5-15(20)18-11-2-1-3-12(19)16(9)11/h4,6,9H,1-3,5,7H2,(H,18,20)/t9-/m0/s1. The second kappa shape index (κ2) is 5.12. The zero-order valence-electron chi connectivity index (χ0n) is 11.8. The molecular weight excluding hydrogens is 350 g/mol. The summed E-state index contributed by atoms with van der Waals surface area (Å²) in [5.74, 6) is 1.22. The molecule has 0 radical (unpaired) electrons. The molecule has 0 saturated heterocycles. The molecule has 2 heterocycles. The molecule has 1 aliphatic carbocycles. The lowest BCUT2D eigenvalue weighted by atomic mass is 9.78. The molecule has 1 aromatic rings. The van der Waals surface area contributed by atoms with Gasteiger partial charge in [0.25, 0.3) is 0 Å². The van der Waals surface area contributed by atoms with Gasteiger partial charge in [-0.3, -0.25) is 9.59 Å². The fourth-order valence-corrected chi connectivity index (χ4v) is 3.97. The first kappa shape index (κ1) is 13.8. The minimum atomic E-state index is -0.222. The van der Waals surface area contributed by atoms with Gasteiger partial charge in [0, 0.05) is 34.5 Å². The van der Waals surface area contributed by atoms with E-state index in [1.165, 1.54) is 0 Å². The molecule has 4 rings (SSSR count). The Hall–Kier alpha value is -1.82. The number of hydrogen-bond donors (Lipinski definition) is 1. The van der Waals surface area contributed by atoms with Crippen LogP contribution in [0.15, 0.2) is 27.9 Å². The van der Waals surface area contributed by atoms with Gasteiger partial charge in [-0.05, 0) is 30.5 Å². The van der Waals surface area contributed by atoms with Crippen molar-refractivity contribution < 1.29 is 19.1 Å². The zero-order valence-corrected chi connectivity index (χ0v) is 13.4. The highest BCUT2D eigenvalue weighted by molar-refractivity contribution is 9.10. The van der Waals surface area contributed by atoms with E-state index in [4.69, 9.17) is 9.47 Å². The van der Waals surface area contributed by atoms with Crippen LogP contribution >= 0.6 is 15.9 Å². The van der Waals surface area contributed by atoms with E-state index < -0.39 is 0 Å². The smallest absolute Gasteiger partial charge is 0.231 e. The number of halogens is 1. The average molecular weight is 364 g/mol. The van der Waals surface area contributed by atoms with Crippen molar-refractivity contribution in [3.05, 3.63) is 33.4 Å². The number of nitrogens with one attached hydrogen (secondary N) is 1. The van der Waals surface area contributed by atoms with Crippen LogP contribution in [-0.4, -0.2) is 18.5 Å². The Bertz CT molecular complexity index is 725. The van der Waals surface area contributed by atoms with Gasteiger partial charge in [0.05, 0.1) is 0 Å². The maximum atomic E-state index is 12.4. The highest BCUT2D eigenvalue weighted by atomic mass is 79.9. The molecule has 1 amide bonds. The molecule has 0 saturated carbocycles. The van der Waals surface area contributed by atoms with Gasteiger partial charge in [0.15, 0.2) is 17.3 Å². The van der Waals surface area contributed by atoms with Crippen molar-refractivity contribution in [3.63, 3.8) is 0 Å². The molecule has 0 aromatic heterocycles. The highest BCUT2D eigenvalue weighted by Gasteiger charge is 2.36. The van der Waals surface area contributed by atoms with Gasteiger partial charge in [-0.2, -0.15) is 0 Å². The van der Waals surface area contributed by atoms with E-state index in [9.17, 15) is 9.59 Å². The van der Waals surface area contributed by atoms with Gasteiger partial charge in [0.1, 0.15) is 0 Å². The summed E-state index contributed by atoms with van der Waals surface area (Å²) >= 11 is 3.54. The van der Waals surface area contributed by atoms with Crippen molar-refractivity contribution in [2.75, 3.05) is 6.79 Å². The van der Waals surface area contributed by atoms with Crippen LogP contribution in [0.4, 0.5) is 0 Å². The van der Waals surface area contributed by atoms with Crippen molar-refractivity contribution in [3.8, 4) is 11.5 Å². The molecule has 114 valence electrons. The van der Waals surface area contributed by atoms with Gasteiger partial charge in [-0.25, -0.2) is 0 Å². The predicted molar refractivity (Wildman–Crippen MR) is 81.6 cm³/mol. The first-order valence-corrected chi connectivity index (χ1v) is 8.08. The van der Waals surface area contributed by atoms with Crippen LogP contribution in [-0.2, 0) is 9.59 Å². The van der Waals surface area contributed by atoms with Crippen LogP contribution < -0.4 is 14.8 Å². The van der Waals surface area contributed by atoms with Crippen LogP contribution in [0.5, 0.6) is 11.5 Å². The molecule has 22 heavy (non-hydrogen) atoms. The minimum absolute atomic E-state index is 0.0389. The number of Topliss-reactive ketones (excluding diaryl/α,β-unsaturated/α-hetero) is 1. The number of benzene rings is 1. The summed E-state index contributed by atoms with van der Waals surface area (Å²) in [5, 5.41) is 2.87. The van der Waals surface area contributed by atoms with Crippen molar-refractivity contribution in [1.29, 1.82) is 0 Å². The lowest BCUT2D eigenvalue weighted by Crippen LogP contribution is -2.36. The Balaban J connectivity index is 1.84. The van der Waals surface area contributed by atoms with Gasteiger partial charge in [-0.1, -0.05) is 15.9 Å². The number of fused-ring (bicyclic) bond motifs is 1. The maximum Gasteiger partial charge on any atom is 0.231 e. The van der Waals surface area contributed by atoms with E-state index in [0.29, 0.717) is 17.9 Å². The van der Waals surface area contributed by atoms with Gasteiger partial charge >= 0.3 is 0 Å². The summed E-state index contributed by atoms with van der Waals surface area (Å²) in [5.41, 5.74) is 2.45. The summed E-state index contributed by atoms with van der Waals surface area (Å²) < 4.78 is 11.6. The van der Waals surface area contributed by atoms with E-state index in [1.54, 1.807) is 0 Å². The lowest BCUT2D eigenvalue weighted by Gasteiger charge is -2.31. The first-order chi connectivity index (χ1) is 10.6. The first-order valence-electron chi connectivity index (χ1n) is 7.28. The second-order valence-corrected chi connectivity index (χ2v) is 6.56. The molecule has 3 aliphatic rings. The molecule has 2 aliphatic heterocycles. The van der Waals surface area contributed by atoms with E-state index in [1.807, 2.05) is 12.1 Å². The minimum Gasteiger partial charge on any atom is -0.454 e. The Kier molecular flexibility index (Phi) is 3.22. The quantitative estimate of drug-likeness (QED) is 0.833. The van der Waals surface area contributed by atoms with Crippen molar-refractivity contribution >= 4 is 27.6 Å². The number of ether oxygens (including phenoxy) is 2. The third-order valence-electron chi connectivity index (χ3n) is 4.35. The van der Waals surface area contributed by atoms with Crippen molar-refractivity contribution in [2.24, 2.45) is 0 Å². The van der Waals surface area contributed by atoms with Crippen molar-refractivity contribution in [2.45, 2.75) is 31.6 Å². The largest absolute Gasteiger partial charge is 0.454 e. The molecule has 1 N–H and O–H groups in total. The predicted octanol–water partition coefficient (Wildman–Crippen LogP) is 2.79. The van der Waals surface area contributed by atoms with E-state index in [2.05, 4.69) is 21.2 Å². The average Bonchev–Trinajstić information content (AvgIpc) is 2.92. The summed E-state index contributed by atoms with van der Waals surface area (Å²) in [4.78, 5) is 24.4. The lowest BCUT2D eigenvalue weighted by molar-refractivity contribution is -0.122. The van der Waals surface area contributed by atoms with Crippen LogP contribution in [0.3, 0.4) is 0 Å². The third kappa shape index (κ3) is 2.13. The van der Waals surface area contributed by atoms with Crippen LogP contribution in [0, 0.1) is 0 Å². The van der Waals surface area contributed by atoms with Gasteiger partial charge in [0.2, 0.25) is 12.7 Å². The summed E-state index contributed by atoms with van der Waals surface area (Å²) in [6, 6.07) is 3.72. The Morgan fingerprint density at radius 3 is 2.73 bits per heavy atom. The second-order valence-electron chi connectivity index (χ2n) is 5.70. The number of carbonyl (C=O) groups excluding carboxylic acids is 2. The van der Waals surface area contributed by atoms with Gasteiger partial charge < -0.3 is 14.8 Å². The molecule has 0 bridgehead atoms. The number of allylic oxidation sites excluding steroid dienone is 2. The summed E-state index contributed by atoms with van der Waals surface area (Å²) in [7, 11) is 0. The molecule has 6 heteroatoms. The number of rotatable bonds is 1. The number of carbonyl (C=O) groups is 2.